The molecule has 0 saturated heterocycles. The number of carbonyl (C=O) groups is 1. The number of rotatable bonds is 7. The highest BCUT2D eigenvalue weighted by atomic mass is 16.5. The van der Waals surface area contributed by atoms with E-state index in [1.165, 1.54) is 0 Å². The van der Waals surface area contributed by atoms with E-state index in [0.29, 0.717) is 6.61 Å². The number of nitrogens with zero attached hydrogens (tertiary/aromatic N) is 1. The summed E-state index contributed by atoms with van der Waals surface area (Å²) in [6, 6.07) is 18.5. The van der Waals surface area contributed by atoms with Crippen LogP contribution in [-0.4, -0.2) is 37.9 Å². The molecule has 0 bridgehead atoms. The molecule has 29 heavy (non-hydrogen) atoms. The van der Waals surface area contributed by atoms with Crippen LogP contribution in [0.3, 0.4) is 0 Å². The van der Waals surface area contributed by atoms with E-state index in [2.05, 4.69) is 35.2 Å². The van der Waals surface area contributed by atoms with Gasteiger partial charge in [-0.25, -0.2) is 0 Å². The smallest absolute Gasteiger partial charge is 0.178 e. The SMILES string of the molecule is C/C=C(\C(=C1C=CC(=O)C=C1)c1ccc(OCCN(C)C)cc1)c1ccccc1. The van der Waals surface area contributed by atoms with Crippen LogP contribution in [0.15, 0.2) is 90.6 Å². The number of carbonyl (C=O) groups excluding carboxylic acids is 1. The second kappa shape index (κ2) is 9.85. The lowest BCUT2D eigenvalue weighted by Crippen LogP contribution is -2.19. The van der Waals surface area contributed by atoms with Crippen molar-refractivity contribution in [3.05, 3.63) is 102 Å². The third kappa shape index (κ3) is 5.43. The first-order valence-corrected chi connectivity index (χ1v) is 9.83. The zero-order valence-corrected chi connectivity index (χ0v) is 17.3. The summed E-state index contributed by atoms with van der Waals surface area (Å²) in [4.78, 5) is 13.7. The zero-order valence-electron chi connectivity index (χ0n) is 17.3. The highest BCUT2D eigenvalue weighted by molar-refractivity contribution is 6.10. The van der Waals surface area contributed by atoms with Crippen LogP contribution in [0, 0.1) is 0 Å². The Bertz CT molecular complexity index is 944. The first-order valence-electron chi connectivity index (χ1n) is 9.83. The number of allylic oxidation sites excluding steroid dienone is 8. The van der Waals surface area contributed by atoms with Crippen LogP contribution in [-0.2, 0) is 4.79 Å². The zero-order chi connectivity index (χ0) is 20.6. The largest absolute Gasteiger partial charge is 0.492 e. The molecule has 0 heterocycles. The molecule has 0 aliphatic heterocycles. The summed E-state index contributed by atoms with van der Waals surface area (Å²) in [5.74, 6) is 0.867. The van der Waals surface area contributed by atoms with E-state index in [9.17, 15) is 4.79 Å². The van der Waals surface area contributed by atoms with Gasteiger partial charge < -0.3 is 9.64 Å². The Hall–Kier alpha value is -3.17. The van der Waals surface area contributed by atoms with Crippen molar-refractivity contribution < 1.29 is 9.53 Å². The van der Waals surface area contributed by atoms with E-state index in [4.69, 9.17) is 4.74 Å². The third-order valence-corrected chi connectivity index (χ3v) is 4.74. The summed E-state index contributed by atoms with van der Waals surface area (Å²) >= 11 is 0. The van der Waals surface area contributed by atoms with Crippen LogP contribution in [0.25, 0.3) is 11.1 Å². The van der Waals surface area contributed by atoms with Crippen molar-refractivity contribution in [2.75, 3.05) is 27.2 Å². The van der Waals surface area contributed by atoms with Gasteiger partial charge in [0.1, 0.15) is 12.4 Å². The summed E-state index contributed by atoms with van der Waals surface area (Å²) in [7, 11) is 4.06. The van der Waals surface area contributed by atoms with Crippen molar-refractivity contribution in [1.82, 2.24) is 4.90 Å². The molecule has 0 N–H and O–H groups in total. The Morgan fingerprint density at radius 3 is 2.14 bits per heavy atom. The second-order valence-corrected chi connectivity index (χ2v) is 7.14. The van der Waals surface area contributed by atoms with Gasteiger partial charge in [0.05, 0.1) is 0 Å². The highest BCUT2D eigenvalue weighted by Crippen LogP contribution is 2.36. The fourth-order valence-corrected chi connectivity index (χ4v) is 3.24. The molecule has 0 radical (unpaired) electrons. The van der Waals surface area contributed by atoms with E-state index in [0.717, 1.165) is 40.1 Å². The van der Waals surface area contributed by atoms with E-state index in [1.807, 2.05) is 63.5 Å². The topological polar surface area (TPSA) is 29.5 Å². The molecule has 0 spiro atoms. The molecule has 0 atom stereocenters. The van der Waals surface area contributed by atoms with Crippen molar-refractivity contribution in [1.29, 1.82) is 0 Å². The molecule has 148 valence electrons. The molecular formula is C26H27NO2. The van der Waals surface area contributed by atoms with Gasteiger partial charge in [0, 0.05) is 6.54 Å². The van der Waals surface area contributed by atoms with Gasteiger partial charge in [-0.05, 0) is 73.2 Å². The predicted molar refractivity (Wildman–Crippen MR) is 121 cm³/mol. The minimum atomic E-state index is 0.0134. The van der Waals surface area contributed by atoms with Gasteiger partial charge in [-0.3, -0.25) is 4.79 Å². The van der Waals surface area contributed by atoms with Gasteiger partial charge in [0.2, 0.25) is 0 Å². The van der Waals surface area contributed by atoms with Crippen LogP contribution < -0.4 is 4.74 Å². The Labute approximate surface area is 173 Å². The Morgan fingerprint density at radius 2 is 1.55 bits per heavy atom. The monoisotopic (exact) mass is 385 g/mol. The predicted octanol–water partition coefficient (Wildman–Crippen LogP) is 5.18. The third-order valence-electron chi connectivity index (χ3n) is 4.74. The number of ketones is 1. The Balaban J connectivity index is 1.99. The van der Waals surface area contributed by atoms with Gasteiger partial charge in [0.25, 0.3) is 0 Å². The Kier molecular flexibility index (Phi) is 6.99. The molecule has 1 aliphatic carbocycles. The van der Waals surface area contributed by atoms with Crippen molar-refractivity contribution >= 4 is 16.9 Å². The molecule has 3 rings (SSSR count). The van der Waals surface area contributed by atoms with E-state index in [-0.39, 0.29) is 5.78 Å². The first-order chi connectivity index (χ1) is 14.1. The maximum Gasteiger partial charge on any atom is 0.178 e. The molecule has 2 aromatic carbocycles. The normalized spacial score (nSPS) is 13.9. The minimum Gasteiger partial charge on any atom is -0.492 e. The van der Waals surface area contributed by atoms with Gasteiger partial charge in [0.15, 0.2) is 5.78 Å². The molecule has 0 amide bonds. The maximum absolute atomic E-state index is 11.6. The molecular weight excluding hydrogens is 358 g/mol. The quantitative estimate of drug-likeness (QED) is 0.658. The van der Waals surface area contributed by atoms with Crippen molar-refractivity contribution in [3.8, 4) is 5.75 Å². The fourth-order valence-electron chi connectivity index (χ4n) is 3.24. The van der Waals surface area contributed by atoms with Gasteiger partial charge in [-0.1, -0.05) is 60.7 Å². The molecule has 0 fully saturated rings. The van der Waals surface area contributed by atoms with E-state index in [1.54, 1.807) is 12.2 Å². The summed E-state index contributed by atoms with van der Waals surface area (Å²) in [5, 5.41) is 0. The summed E-state index contributed by atoms with van der Waals surface area (Å²) in [5.41, 5.74) is 5.47. The molecule has 3 nitrogen and oxygen atoms in total. The first kappa shape index (κ1) is 20.6. The standard InChI is InChI=1S/C26H27NO2/c1-4-25(20-8-6-5-7-9-20)26(21-10-14-23(28)15-11-21)22-12-16-24(17-13-22)29-19-18-27(2)3/h4-17H,18-19H2,1-3H3/b25-4-. The van der Waals surface area contributed by atoms with E-state index >= 15 is 0 Å². The number of ether oxygens (including phenoxy) is 1. The summed E-state index contributed by atoms with van der Waals surface area (Å²) < 4.78 is 5.84. The van der Waals surface area contributed by atoms with E-state index < -0.39 is 0 Å². The second-order valence-electron chi connectivity index (χ2n) is 7.14. The Morgan fingerprint density at radius 1 is 0.897 bits per heavy atom. The maximum atomic E-state index is 11.6. The van der Waals surface area contributed by atoms with Crippen molar-refractivity contribution in [3.63, 3.8) is 0 Å². The van der Waals surface area contributed by atoms with Gasteiger partial charge in [-0.15, -0.1) is 0 Å². The van der Waals surface area contributed by atoms with Crippen LogP contribution in [0.2, 0.25) is 0 Å². The summed E-state index contributed by atoms with van der Waals surface area (Å²) in [6.07, 6.45) is 9.15. The number of likely N-dealkylation sites (N-methyl/N-ethyl adjacent to an activating group) is 1. The minimum absolute atomic E-state index is 0.0134. The molecule has 0 aromatic heterocycles. The van der Waals surface area contributed by atoms with Crippen LogP contribution in [0.1, 0.15) is 18.1 Å². The number of hydrogen-bond donors (Lipinski definition) is 0. The number of hydrogen-bond acceptors (Lipinski definition) is 3. The molecule has 0 unspecified atom stereocenters. The molecule has 0 saturated carbocycles. The summed E-state index contributed by atoms with van der Waals surface area (Å²) in [6.45, 7) is 3.57. The molecule has 1 aliphatic rings. The van der Waals surface area contributed by atoms with Crippen molar-refractivity contribution in [2.45, 2.75) is 6.92 Å². The highest BCUT2D eigenvalue weighted by Gasteiger charge is 2.15. The lowest BCUT2D eigenvalue weighted by molar-refractivity contribution is -0.110. The van der Waals surface area contributed by atoms with Crippen LogP contribution in [0.5, 0.6) is 5.75 Å². The fraction of sp³-hybridized carbons (Fsp3) is 0.192. The van der Waals surface area contributed by atoms with Crippen LogP contribution >= 0.6 is 0 Å². The lowest BCUT2D eigenvalue weighted by Gasteiger charge is -2.18. The van der Waals surface area contributed by atoms with Gasteiger partial charge in [-0.2, -0.15) is 0 Å². The molecule has 2 aromatic rings. The van der Waals surface area contributed by atoms with Gasteiger partial charge >= 0.3 is 0 Å². The molecule has 3 heteroatoms. The average molecular weight is 386 g/mol. The van der Waals surface area contributed by atoms with Crippen LogP contribution in [0.4, 0.5) is 0 Å². The van der Waals surface area contributed by atoms with Crippen molar-refractivity contribution in [2.24, 2.45) is 0 Å². The lowest BCUT2D eigenvalue weighted by atomic mass is 9.87. The average Bonchev–Trinajstić information content (AvgIpc) is 2.74. The number of benzene rings is 2.